The van der Waals surface area contributed by atoms with Crippen molar-refractivity contribution in [3.63, 3.8) is 0 Å². The van der Waals surface area contributed by atoms with Crippen LogP contribution in [0.4, 0.5) is 17.6 Å². The Bertz CT molecular complexity index is 572. The van der Waals surface area contributed by atoms with Gasteiger partial charge in [0.05, 0.1) is 11.1 Å². The summed E-state index contributed by atoms with van der Waals surface area (Å²) >= 11 is 0. The Morgan fingerprint density at radius 1 is 1.24 bits per heavy atom. The van der Waals surface area contributed by atoms with Gasteiger partial charge < -0.3 is 10.2 Å². The van der Waals surface area contributed by atoms with Gasteiger partial charge >= 0.3 is 6.18 Å². The fraction of sp³-hybridized carbons (Fsp3) is 0.385. The molecule has 0 atom stereocenters. The van der Waals surface area contributed by atoms with E-state index in [1.165, 1.54) is 0 Å². The molecule has 114 valence electrons. The molecule has 8 heteroatoms. The van der Waals surface area contributed by atoms with Crippen molar-refractivity contribution in [1.82, 2.24) is 10.2 Å². The lowest BCUT2D eigenvalue weighted by atomic mass is 10.1. The van der Waals surface area contributed by atoms with Gasteiger partial charge in [-0.15, -0.1) is 0 Å². The highest BCUT2D eigenvalue weighted by Gasteiger charge is 2.32. The van der Waals surface area contributed by atoms with Crippen LogP contribution in [0, 0.1) is 5.82 Å². The van der Waals surface area contributed by atoms with Crippen molar-refractivity contribution in [3.05, 3.63) is 35.1 Å². The van der Waals surface area contributed by atoms with E-state index in [9.17, 15) is 27.2 Å². The molecule has 0 bridgehead atoms. The third-order valence-electron chi connectivity index (χ3n) is 3.12. The monoisotopic (exact) mass is 304 g/mol. The molecule has 0 spiro atoms. The summed E-state index contributed by atoms with van der Waals surface area (Å²) in [6, 6.07) is 1.70. The van der Waals surface area contributed by atoms with E-state index in [0.717, 1.165) is 4.90 Å². The van der Waals surface area contributed by atoms with Crippen molar-refractivity contribution in [2.24, 2.45) is 0 Å². The molecule has 1 N–H and O–H groups in total. The van der Waals surface area contributed by atoms with Gasteiger partial charge in [-0.2, -0.15) is 13.2 Å². The molecule has 2 amide bonds. The number of hydrogen-bond acceptors (Lipinski definition) is 2. The molecular formula is C13H12F4N2O2. The number of halogens is 4. The summed E-state index contributed by atoms with van der Waals surface area (Å²) in [5.74, 6) is -2.12. The lowest BCUT2D eigenvalue weighted by Gasteiger charge is -2.20. The van der Waals surface area contributed by atoms with Gasteiger partial charge in [0.25, 0.3) is 5.91 Å². The number of carbonyl (C=O) groups excluding carboxylic acids is 2. The minimum Gasteiger partial charge on any atom is -0.354 e. The predicted molar refractivity (Wildman–Crippen MR) is 64.9 cm³/mol. The first-order chi connectivity index (χ1) is 9.79. The highest BCUT2D eigenvalue weighted by atomic mass is 19.4. The maximum absolute atomic E-state index is 13.6. The molecule has 1 saturated heterocycles. The zero-order valence-electron chi connectivity index (χ0n) is 10.8. The number of hydrogen-bond donors (Lipinski definition) is 1. The molecule has 0 aromatic heterocycles. The minimum absolute atomic E-state index is 0.0340. The van der Waals surface area contributed by atoms with Gasteiger partial charge in [-0.25, -0.2) is 4.39 Å². The van der Waals surface area contributed by atoms with Crippen molar-refractivity contribution in [2.45, 2.75) is 12.6 Å². The van der Waals surface area contributed by atoms with E-state index in [4.69, 9.17) is 0 Å². The highest BCUT2D eigenvalue weighted by Crippen LogP contribution is 2.30. The van der Waals surface area contributed by atoms with Crippen molar-refractivity contribution < 1.29 is 27.2 Å². The van der Waals surface area contributed by atoms with Crippen LogP contribution in [-0.2, 0) is 11.0 Å². The number of alkyl halides is 3. The van der Waals surface area contributed by atoms with E-state index >= 15 is 0 Å². The van der Waals surface area contributed by atoms with Gasteiger partial charge in [0.1, 0.15) is 5.82 Å². The molecule has 1 aromatic rings. The standard InChI is InChI=1S/C13H12F4N2O2/c14-10-2-1-8(13(15,16)17)7-9(10)12(21)19-5-3-11(20)18-4-6-19/h1-2,7H,3-6H2,(H,18,20). The zero-order valence-corrected chi connectivity index (χ0v) is 10.8. The van der Waals surface area contributed by atoms with Crippen LogP contribution >= 0.6 is 0 Å². The summed E-state index contributed by atoms with van der Waals surface area (Å²) in [6.07, 6.45) is -4.62. The number of rotatable bonds is 1. The lowest BCUT2D eigenvalue weighted by Crippen LogP contribution is -2.34. The third-order valence-corrected chi connectivity index (χ3v) is 3.12. The van der Waals surface area contributed by atoms with Crippen LogP contribution in [0.15, 0.2) is 18.2 Å². The molecule has 0 unspecified atom stereocenters. The number of nitrogens with one attached hydrogen (secondary N) is 1. The van der Waals surface area contributed by atoms with E-state index in [0.29, 0.717) is 18.2 Å². The summed E-state index contributed by atoms with van der Waals surface area (Å²) in [5.41, 5.74) is -1.73. The van der Waals surface area contributed by atoms with Gasteiger partial charge in [0, 0.05) is 26.1 Å². The van der Waals surface area contributed by atoms with E-state index in [2.05, 4.69) is 5.32 Å². The number of amides is 2. The van der Waals surface area contributed by atoms with E-state index < -0.39 is 29.0 Å². The van der Waals surface area contributed by atoms with Crippen LogP contribution in [0.1, 0.15) is 22.3 Å². The summed E-state index contributed by atoms with van der Waals surface area (Å²) in [7, 11) is 0. The summed E-state index contributed by atoms with van der Waals surface area (Å²) in [5, 5.41) is 2.52. The summed E-state index contributed by atoms with van der Waals surface area (Å²) in [4.78, 5) is 24.5. The molecular weight excluding hydrogens is 292 g/mol. The normalized spacial score (nSPS) is 16.4. The Kier molecular flexibility index (Phi) is 4.15. The Morgan fingerprint density at radius 2 is 1.95 bits per heavy atom. The Balaban J connectivity index is 2.28. The Hall–Kier alpha value is -2.12. The molecule has 21 heavy (non-hydrogen) atoms. The summed E-state index contributed by atoms with van der Waals surface area (Å²) in [6.45, 7) is 0.353. The van der Waals surface area contributed by atoms with Crippen molar-refractivity contribution in [1.29, 1.82) is 0 Å². The second-order valence-electron chi connectivity index (χ2n) is 4.58. The van der Waals surface area contributed by atoms with E-state index in [1.807, 2.05) is 0 Å². The molecule has 0 aliphatic carbocycles. The molecule has 4 nitrogen and oxygen atoms in total. The van der Waals surface area contributed by atoms with Crippen LogP contribution in [0.3, 0.4) is 0 Å². The van der Waals surface area contributed by atoms with Gasteiger partial charge in [-0.05, 0) is 18.2 Å². The van der Waals surface area contributed by atoms with Crippen LogP contribution in [0.5, 0.6) is 0 Å². The SMILES string of the molecule is O=C1CCN(C(=O)c2cc(C(F)(F)F)ccc2F)CCN1. The molecule has 1 fully saturated rings. The maximum Gasteiger partial charge on any atom is 0.416 e. The Morgan fingerprint density at radius 3 is 2.62 bits per heavy atom. The lowest BCUT2D eigenvalue weighted by molar-refractivity contribution is -0.137. The topological polar surface area (TPSA) is 49.4 Å². The molecule has 1 aliphatic heterocycles. The predicted octanol–water partition coefficient (Wildman–Crippen LogP) is 1.81. The molecule has 0 radical (unpaired) electrons. The highest BCUT2D eigenvalue weighted by molar-refractivity contribution is 5.95. The second-order valence-corrected chi connectivity index (χ2v) is 4.58. The quantitative estimate of drug-likeness (QED) is 0.804. The maximum atomic E-state index is 13.6. The molecule has 1 heterocycles. The average molecular weight is 304 g/mol. The third kappa shape index (κ3) is 3.50. The number of carbonyl (C=O) groups is 2. The number of benzene rings is 1. The largest absolute Gasteiger partial charge is 0.416 e. The van der Waals surface area contributed by atoms with Crippen LogP contribution in [0.2, 0.25) is 0 Å². The zero-order chi connectivity index (χ0) is 15.6. The van der Waals surface area contributed by atoms with Crippen molar-refractivity contribution in [2.75, 3.05) is 19.6 Å². The van der Waals surface area contributed by atoms with E-state index in [-0.39, 0.29) is 32.0 Å². The molecule has 1 aromatic carbocycles. The van der Waals surface area contributed by atoms with E-state index in [1.54, 1.807) is 0 Å². The summed E-state index contributed by atoms with van der Waals surface area (Å²) < 4.78 is 51.5. The first kappa shape index (κ1) is 15.3. The van der Waals surface area contributed by atoms with Gasteiger partial charge in [-0.1, -0.05) is 0 Å². The van der Waals surface area contributed by atoms with Crippen molar-refractivity contribution >= 4 is 11.8 Å². The average Bonchev–Trinajstić information content (AvgIpc) is 2.62. The van der Waals surface area contributed by atoms with Gasteiger partial charge in [0.15, 0.2) is 0 Å². The first-order valence-corrected chi connectivity index (χ1v) is 6.22. The molecule has 2 rings (SSSR count). The fourth-order valence-electron chi connectivity index (χ4n) is 2.01. The van der Waals surface area contributed by atoms with Crippen molar-refractivity contribution in [3.8, 4) is 0 Å². The fourth-order valence-corrected chi connectivity index (χ4v) is 2.01. The van der Waals surface area contributed by atoms with Crippen LogP contribution in [-0.4, -0.2) is 36.3 Å². The smallest absolute Gasteiger partial charge is 0.354 e. The van der Waals surface area contributed by atoms with Crippen LogP contribution < -0.4 is 5.32 Å². The van der Waals surface area contributed by atoms with Gasteiger partial charge in [-0.3, -0.25) is 9.59 Å². The number of nitrogens with zero attached hydrogens (tertiary/aromatic N) is 1. The molecule has 0 saturated carbocycles. The molecule has 1 aliphatic rings. The minimum atomic E-state index is -4.65. The van der Waals surface area contributed by atoms with Gasteiger partial charge in [0.2, 0.25) is 5.91 Å². The second kappa shape index (κ2) is 5.71. The van der Waals surface area contributed by atoms with Crippen LogP contribution in [0.25, 0.3) is 0 Å². The Labute approximate surface area is 117 Å². The first-order valence-electron chi connectivity index (χ1n) is 6.22.